The Morgan fingerprint density at radius 1 is 1.60 bits per heavy atom. The highest BCUT2D eigenvalue weighted by molar-refractivity contribution is 5.79. The monoisotopic (exact) mass is 214 g/mol. The average molecular weight is 214 g/mol. The number of aliphatic imine (C=N–C) groups is 1. The first kappa shape index (κ1) is 12.3. The van der Waals surface area contributed by atoms with Gasteiger partial charge in [-0.1, -0.05) is 0 Å². The molecular weight excluding hydrogens is 192 g/mol. The molecule has 0 aliphatic carbocycles. The Morgan fingerprint density at radius 3 is 2.80 bits per heavy atom. The van der Waals surface area contributed by atoms with E-state index in [4.69, 9.17) is 10.6 Å². The smallest absolute Gasteiger partial charge is 0.206 e. The number of hydrogen-bond donors (Lipinski definition) is 3. The molecule has 0 radical (unpaired) electrons. The van der Waals surface area contributed by atoms with E-state index in [1.807, 2.05) is 13.8 Å². The maximum Gasteiger partial charge on any atom is 0.206 e. The van der Waals surface area contributed by atoms with E-state index in [1.165, 1.54) is 0 Å². The van der Waals surface area contributed by atoms with Crippen LogP contribution in [0.1, 0.15) is 33.6 Å². The number of hydrazine groups is 1. The molecule has 1 rings (SSSR count). The van der Waals surface area contributed by atoms with Crippen molar-refractivity contribution in [2.45, 2.75) is 45.3 Å². The van der Waals surface area contributed by atoms with E-state index >= 15 is 0 Å². The number of guanidine groups is 1. The Morgan fingerprint density at radius 2 is 2.33 bits per heavy atom. The van der Waals surface area contributed by atoms with Crippen molar-refractivity contribution in [2.24, 2.45) is 10.8 Å². The number of ether oxygens (including phenoxy) is 1. The molecule has 15 heavy (non-hydrogen) atoms. The predicted octanol–water partition coefficient (Wildman–Crippen LogP) is 0.373. The lowest BCUT2D eigenvalue weighted by Crippen LogP contribution is -2.45. The third-order valence-electron chi connectivity index (χ3n) is 2.43. The van der Waals surface area contributed by atoms with Gasteiger partial charge in [0.25, 0.3) is 0 Å². The van der Waals surface area contributed by atoms with Gasteiger partial charge in [-0.15, -0.1) is 0 Å². The van der Waals surface area contributed by atoms with Crippen LogP contribution in [0.25, 0.3) is 0 Å². The molecule has 4 N–H and O–H groups in total. The van der Waals surface area contributed by atoms with Crippen molar-refractivity contribution in [1.82, 2.24) is 10.7 Å². The first-order valence-electron chi connectivity index (χ1n) is 5.47. The Hall–Kier alpha value is -0.810. The number of nitrogens with two attached hydrogens (primary N) is 1. The zero-order chi connectivity index (χ0) is 11.3. The molecule has 0 aromatic rings. The van der Waals surface area contributed by atoms with Crippen LogP contribution in [-0.4, -0.2) is 30.8 Å². The lowest BCUT2D eigenvalue weighted by Gasteiger charge is -2.21. The molecule has 1 atom stereocenters. The summed E-state index contributed by atoms with van der Waals surface area (Å²) in [6, 6.07) is 0.317. The van der Waals surface area contributed by atoms with Crippen molar-refractivity contribution < 1.29 is 4.74 Å². The molecule has 1 aliphatic rings. The SMILES string of the molecule is CC(C)NC(=NCC1(C)CCCO1)NN. The van der Waals surface area contributed by atoms with Crippen molar-refractivity contribution in [3.8, 4) is 0 Å². The molecule has 1 fully saturated rings. The number of rotatable bonds is 3. The van der Waals surface area contributed by atoms with Crippen LogP contribution >= 0.6 is 0 Å². The van der Waals surface area contributed by atoms with Crippen molar-refractivity contribution in [1.29, 1.82) is 0 Å². The minimum absolute atomic E-state index is 0.110. The summed E-state index contributed by atoms with van der Waals surface area (Å²) in [4.78, 5) is 4.38. The van der Waals surface area contributed by atoms with Crippen LogP contribution in [0.2, 0.25) is 0 Å². The molecule has 5 heteroatoms. The van der Waals surface area contributed by atoms with Gasteiger partial charge in [-0.3, -0.25) is 5.43 Å². The number of nitrogens with zero attached hydrogens (tertiary/aromatic N) is 1. The molecule has 0 aromatic carbocycles. The van der Waals surface area contributed by atoms with E-state index < -0.39 is 0 Å². The van der Waals surface area contributed by atoms with Crippen LogP contribution in [0.4, 0.5) is 0 Å². The van der Waals surface area contributed by atoms with Crippen LogP contribution in [0.3, 0.4) is 0 Å². The second-order valence-corrected chi connectivity index (χ2v) is 4.51. The first-order valence-corrected chi connectivity index (χ1v) is 5.47. The molecule has 0 bridgehead atoms. The molecule has 0 amide bonds. The minimum atomic E-state index is -0.110. The first-order chi connectivity index (χ1) is 7.06. The van der Waals surface area contributed by atoms with E-state index in [-0.39, 0.29) is 5.60 Å². The fraction of sp³-hybridized carbons (Fsp3) is 0.900. The molecule has 88 valence electrons. The molecule has 1 unspecified atom stereocenters. The van der Waals surface area contributed by atoms with Crippen LogP contribution in [-0.2, 0) is 4.74 Å². The normalized spacial score (nSPS) is 27.1. The highest BCUT2D eigenvalue weighted by Gasteiger charge is 2.29. The molecule has 5 nitrogen and oxygen atoms in total. The highest BCUT2D eigenvalue weighted by Crippen LogP contribution is 2.24. The summed E-state index contributed by atoms with van der Waals surface area (Å²) in [6.45, 7) is 7.66. The standard InChI is InChI=1S/C10H22N4O/c1-8(2)13-9(14-11)12-7-10(3)5-4-6-15-10/h8H,4-7,11H2,1-3H3,(H2,12,13,14). The van der Waals surface area contributed by atoms with E-state index in [1.54, 1.807) is 0 Å². The van der Waals surface area contributed by atoms with Gasteiger partial charge >= 0.3 is 0 Å². The topological polar surface area (TPSA) is 71.7 Å². The van der Waals surface area contributed by atoms with Crippen molar-refractivity contribution in [3.63, 3.8) is 0 Å². The number of hydrogen-bond acceptors (Lipinski definition) is 3. The second kappa shape index (κ2) is 5.32. The largest absolute Gasteiger partial charge is 0.373 e. The molecule has 0 aromatic heterocycles. The van der Waals surface area contributed by atoms with E-state index in [9.17, 15) is 0 Å². The average Bonchev–Trinajstić information content (AvgIpc) is 2.60. The van der Waals surface area contributed by atoms with Crippen molar-refractivity contribution in [3.05, 3.63) is 0 Å². The van der Waals surface area contributed by atoms with Gasteiger partial charge in [-0.05, 0) is 33.6 Å². The third-order valence-corrected chi connectivity index (χ3v) is 2.43. The molecule has 0 spiro atoms. The second-order valence-electron chi connectivity index (χ2n) is 4.51. The Kier molecular flexibility index (Phi) is 4.35. The van der Waals surface area contributed by atoms with Crippen molar-refractivity contribution >= 4 is 5.96 Å². The maximum atomic E-state index is 5.64. The van der Waals surface area contributed by atoms with Gasteiger partial charge in [0.15, 0.2) is 0 Å². The number of nitrogens with one attached hydrogen (secondary N) is 2. The van der Waals surface area contributed by atoms with Crippen molar-refractivity contribution in [2.75, 3.05) is 13.2 Å². The van der Waals surface area contributed by atoms with Gasteiger partial charge in [-0.2, -0.15) is 0 Å². The highest BCUT2D eigenvalue weighted by atomic mass is 16.5. The van der Waals surface area contributed by atoms with Gasteiger partial charge in [0.2, 0.25) is 5.96 Å². The van der Waals surface area contributed by atoms with E-state index in [2.05, 4.69) is 22.7 Å². The van der Waals surface area contributed by atoms with Crippen LogP contribution in [0, 0.1) is 0 Å². The summed E-state index contributed by atoms with van der Waals surface area (Å²) in [6.07, 6.45) is 2.19. The lowest BCUT2D eigenvalue weighted by molar-refractivity contribution is 0.0283. The summed E-state index contributed by atoms with van der Waals surface area (Å²) in [5.74, 6) is 5.99. The summed E-state index contributed by atoms with van der Waals surface area (Å²) < 4.78 is 5.64. The van der Waals surface area contributed by atoms with Gasteiger partial charge < -0.3 is 10.1 Å². The van der Waals surface area contributed by atoms with E-state index in [0.29, 0.717) is 18.5 Å². The fourth-order valence-corrected chi connectivity index (χ4v) is 1.61. The van der Waals surface area contributed by atoms with Crippen LogP contribution in [0.15, 0.2) is 4.99 Å². The van der Waals surface area contributed by atoms with E-state index in [0.717, 1.165) is 19.4 Å². The quantitative estimate of drug-likeness (QED) is 0.275. The minimum Gasteiger partial charge on any atom is -0.373 e. The summed E-state index contributed by atoms with van der Waals surface area (Å²) in [5, 5.41) is 3.13. The maximum absolute atomic E-state index is 5.64. The van der Waals surface area contributed by atoms with Crippen LogP contribution in [0.5, 0.6) is 0 Å². The zero-order valence-electron chi connectivity index (χ0n) is 9.84. The third kappa shape index (κ3) is 4.05. The zero-order valence-corrected chi connectivity index (χ0v) is 9.84. The molecule has 1 saturated heterocycles. The molecule has 1 aliphatic heterocycles. The molecule has 1 heterocycles. The fourth-order valence-electron chi connectivity index (χ4n) is 1.61. The molecular formula is C10H22N4O. The van der Waals surface area contributed by atoms with Crippen LogP contribution < -0.4 is 16.6 Å². The van der Waals surface area contributed by atoms with Gasteiger partial charge in [0.1, 0.15) is 0 Å². The summed E-state index contributed by atoms with van der Waals surface area (Å²) >= 11 is 0. The summed E-state index contributed by atoms with van der Waals surface area (Å²) in [7, 11) is 0. The Labute approximate surface area is 91.4 Å². The van der Waals surface area contributed by atoms with Gasteiger partial charge in [0.05, 0.1) is 12.1 Å². The summed E-state index contributed by atoms with van der Waals surface area (Å²) in [5.41, 5.74) is 2.45. The predicted molar refractivity (Wildman–Crippen MR) is 61.5 cm³/mol. The van der Waals surface area contributed by atoms with Gasteiger partial charge in [0, 0.05) is 12.6 Å². The molecule has 0 saturated carbocycles. The van der Waals surface area contributed by atoms with Gasteiger partial charge in [-0.25, -0.2) is 10.8 Å². The Balaban J connectivity index is 2.45. The lowest BCUT2D eigenvalue weighted by atomic mass is 10.0. The Bertz CT molecular complexity index is 221.